The third kappa shape index (κ3) is 5.22. The Bertz CT molecular complexity index is 548. The second-order valence-electron chi connectivity index (χ2n) is 5.85. The minimum absolute atomic E-state index is 0. The van der Waals surface area contributed by atoms with E-state index in [1.807, 2.05) is 25.1 Å². The van der Waals surface area contributed by atoms with Crippen LogP contribution in [-0.2, 0) is 20.9 Å². The van der Waals surface area contributed by atoms with Crippen LogP contribution in [0, 0.1) is 0 Å². The molecular formula is C17H25ClN2O3. The molecule has 23 heavy (non-hydrogen) atoms. The summed E-state index contributed by atoms with van der Waals surface area (Å²) >= 11 is 0. The monoisotopic (exact) mass is 340 g/mol. The Morgan fingerprint density at radius 1 is 1.35 bits per heavy atom. The number of hydrogen-bond acceptors (Lipinski definition) is 4. The van der Waals surface area contributed by atoms with Crippen LogP contribution < -0.4 is 10.6 Å². The predicted molar refractivity (Wildman–Crippen MR) is 91.3 cm³/mol. The van der Waals surface area contributed by atoms with Crippen LogP contribution in [0.2, 0.25) is 0 Å². The molecule has 128 valence electrons. The number of rotatable bonds is 6. The molecule has 0 saturated carbocycles. The lowest BCUT2D eigenvalue weighted by atomic mass is 10.0. The number of carbonyl (C=O) groups excluding carboxylic acids is 2. The molecule has 1 amide bonds. The zero-order valence-corrected chi connectivity index (χ0v) is 14.6. The third-order valence-corrected chi connectivity index (χ3v) is 3.74. The molecule has 0 fully saturated rings. The highest BCUT2D eigenvalue weighted by Gasteiger charge is 2.26. The van der Waals surface area contributed by atoms with E-state index in [-0.39, 0.29) is 36.4 Å². The molecule has 6 heteroatoms. The second kappa shape index (κ2) is 8.89. The van der Waals surface area contributed by atoms with Gasteiger partial charge in [-0.15, -0.1) is 12.4 Å². The van der Waals surface area contributed by atoms with Crippen molar-refractivity contribution < 1.29 is 14.3 Å². The van der Waals surface area contributed by atoms with Gasteiger partial charge >= 0.3 is 5.97 Å². The molecule has 0 saturated heterocycles. The van der Waals surface area contributed by atoms with Gasteiger partial charge in [-0.2, -0.15) is 0 Å². The Kier molecular flexibility index (Phi) is 7.52. The number of amides is 1. The summed E-state index contributed by atoms with van der Waals surface area (Å²) in [4.78, 5) is 24.1. The number of ether oxygens (including phenoxy) is 1. The lowest BCUT2D eigenvalue weighted by Gasteiger charge is -2.19. The van der Waals surface area contributed by atoms with Gasteiger partial charge in [-0.3, -0.25) is 4.79 Å². The molecule has 1 unspecified atom stereocenters. The first-order valence-electron chi connectivity index (χ1n) is 7.82. The van der Waals surface area contributed by atoms with E-state index >= 15 is 0 Å². The topological polar surface area (TPSA) is 67.4 Å². The van der Waals surface area contributed by atoms with Gasteiger partial charge in [0.1, 0.15) is 6.04 Å². The largest absolute Gasteiger partial charge is 0.461 e. The van der Waals surface area contributed by atoms with E-state index in [1.165, 1.54) is 5.56 Å². The number of benzene rings is 1. The number of esters is 1. The van der Waals surface area contributed by atoms with Crippen LogP contribution in [0.15, 0.2) is 24.3 Å². The van der Waals surface area contributed by atoms with Gasteiger partial charge in [-0.1, -0.05) is 31.2 Å². The van der Waals surface area contributed by atoms with Crippen LogP contribution in [0.3, 0.4) is 0 Å². The maximum atomic E-state index is 12.2. The summed E-state index contributed by atoms with van der Waals surface area (Å²) in [6, 6.07) is 7.51. The molecule has 0 spiro atoms. The molecule has 1 aliphatic rings. The summed E-state index contributed by atoms with van der Waals surface area (Å²) in [5.41, 5.74) is 2.39. The first-order chi connectivity index (χ1) is 10.5. The molecule has 2 rings (SSSR count). The van der Waals surface area contributed by atoms with Gasteiger partial charge in [0.15, 0.2) is 0 Å². The minimum atomic E-state index is -0.577. The van der Waals surface area contributed by atoms with Crippen LogP contribution in [-0.4, -0.2) is 24.0 Å². The highest BCUT2D eigenvalue weighted by Crippen LogP contribution is 2.27. The normalized spacial score (nSPS) is 17.1. The lowest BCUT2D eigenvalue weighted by molar-refractivity contribution is -0.151. The van der Waals surface area contributed by atoms with E-state index in [9.17, 15) is 9.59 Å². The number of hydrogen-bond donors (Lipinski definition) is 2. The standard InChI is InChI=1S/C17H24N2O3.ClH/c1-4-14(17(21)22-11(2)3)19-16(20)9-15-13-8-6-5-7-12(13)10-18-15;/h5-8,11,14-15,18H,4,9-10H2,1-3H3,(H,19,20);1H/t14-,15?;/m0./s1. The average Bonchev–Trinajstić information content (AvgIpc) is 2.87. The summed E-state index contributed by atoms with van der Waals surface area (Å²) in [7, 11) is 0. The van der Waals surface area contributed by atoms with Crippen molar-refractivity contribution in [1.82, 2.24) is 10.6 Å². The SMILES string of the molecule is CC[C@H](NC(=O)CC1NCc2ccccc21)C(=O)OC(C)C.Cl. The predicted octanol–water partition coefficient (Wildman–Crippen LogP) is 2.49. The molecule has 0 radical (unpaired) electrons. The van der Waals surface area contributed by atoms with Crippen molar-refractivity contribution in [3.05, 3.63) is 35.4 Å². The van der Waals surface area contributed by atoms with Gasteiger partial charge in [0, 0.05) is 19.0 Å². The van der Waals surface area contributed by atoms with Crippen molar-refractivity contribution in [3.63, 3.8) is 0 Å². The third-order valence-electron chi connectivity index (χ3n) is 3.74. The van der Waals surface area contributed by atoms with Crippen LogP contribution in [0.4, 0.5) is 0 Å². The lowest BCUT2D eigenvalue weighted by Crippen LogP contribution is -2.42. The smallest absolute Gasteiger partial charge is 0.328 e. The Morgan fingerprint density at radius 3 is 2.70 bits per heavy atom. The molecule has 0 aliphatic carbocycles. The summed E-state index contributed by atoms with van der Waals surface area (Å²) in [5, 5.41) is 6.10. The molecule has 1 aromatic rings. The van der Waals surface area contributed by atoms with Crippen LogP contribution in [0.25, 0.3) is 0 Å². The van der Waals surface area contributed by atoms with Gasteiger partial charge < -0.3 is 15.4 Å². The fraction of sp³-hybridized carbons (Fsp3) is 0.529. The van der Waals surface area contributed by atoms with E-state index in [0.717, 1.165) is 12.1 Å². The Balaban J connectivity index is 0.00000264. The van der Waals surface area contributed by atoms with Gasteiger partial charge in [0.25, 0.3) is 0 Å². The van der Waals surface area contributed by atoms with Gasteiger partial charge in [0.05, 0.1) is 6.10 Å². The Hall–Kier alpha value is -1.59. The molecule has 2 N–H and O–H groups in total. The maximum absolute atomic E-state index is 12.2. The van der Waals surface area contributed by atoms with Crippen molar-refractivity contribution in [2.75, 3.05) is 0 Å². The summed E-state index contributed by atoms with van der Waals surface area (Å²) in [6.07, 6.45) is 0.663. The number of fused-ring (bicyclic) bond motifs is 1. The first kappa shape index (κ1) is 19.5. The Morgan fingerprint density at radius 2 is 2.04 bits per heavy atom. The summed E-state index contributed by atoms with van der Waals surface area (Å²) in [6.45, 7) is 6.23. The van der Waals surface area contributed by atoms with E-state index in [2.05, 4.69) is 16.7 Å². The quantitative estimate of drug-likeness (QED) is 0.781. The number of nitrogens with one attached hydrogen (secondary N) is 2. The van der Waals surface area contributed by atoms with Crippen LogP contribution >= 0.6 is 12.4 Å². The summed E-state index contributed by atoms with van der Waals surface area (Å²) in [5.74, 6) is -0.507. The summed E-state index contributed by atoms with van der Waals surface area (Å²) < 4.78 is 5.16. The molecule has 1 heterocycles. The van der Waals surface area contributed by atoms with E-state index in [0.29, 0.717) is 12.8 Å². The van der Waals surface area contributed by atoms with Crippen LogP contribution in [0.5, 0.6) is 0 Å². The van der Waals surface area contributed by atoms with Crippen molar-refractivity contribution in [1.29, 1.82) is 0 Å². The van der Waals surface area contributed by atoms with E-state index in [4.69, 9.17) is 4.74 Å². The highest BCUT2D eigenvalue weighted by molar-refractivity contribution is 5.85. The fourth-order valence-corrected chi connectivity index (χ4v) is 2.64. The maximum Gasteiger partial charge on any atom is 0.328 e. The number of halogens is 1. The van der Waals surface area contributed by atoms with Gasteiger partial charge in [-0.25, -0.2) is 4.79 Å². The zero-order chi connectivity index (χ0) is 16.1. The van der Waals surface area contributed by atoms with Gasteiger partial charge in [0.2, 0.25) is 5.91 Å². The second-order valence-corrected chi connectivity index (χ2v) is 5.85. The fourth-order valence-electron chi connectivity index (χ4n) is 2.64. The molecule has 1 aliphatic heterocycles. The van der Waals surface area contributed by atoms with Crippen molar-refractivity contribution in [2.45, 2.75) is 58.3 Å². The average molecular weight is 341 g/mol. The number of carbonyl (C=O) groups is 2. The minimum Gasteiger partial charge on any atom is -0.461 e. The molecule has 0 aromatic heterocycles. The molecule has 0 bridgehead atoms. The Labute approximate surface area is 143 Å². The van der Waals surface area contributed by atoms with Gasteiger partial charge in [-0.05, 0) is 31.4 Å². The molecular weight excluding hydrogens is 316 g/mol. The zero-order valence-electron chi connectivity index (χ0n) is 13.8. The first-order valence-corrected chi connectivity index (χ1v) is 7.82. The highest BCUT2D eigenvalue weighted by atomic mass is 35.5. The molecule has 2 atom stereocenters. The van der Waals surface area contributed by atoms with E-state index in [1.54, 1.807) is 13.8 Å². The van der Waals surface area contributed by atoms with Crippen molar-refractivity contribution in [3.8, 4) is 0 Å². The van der Waals surface area contributed by atoms with Crippen molar-refractivity contribution in [2.24, 2.45) is 0 Å². The molecule has 5 nitrogen and oxygen atoms in total. The van der Waals surface area contributed by atoms with E-state index < -0.39 is 6.04 Å². The van der Waals surface area contributed by atoms with Crippen LogP contribution in [0.1, 0.15) is 50.8 Å². The molecule has 1 aromatic carbocycles. The van der Waals surface area contributed by atoms with Crippen molar-refractivity contribution >= 4 is 24.3 Å².